The summed E-state index contributed by atoms with van der Waals surface area (Å²) in [5.41, 5.74) is 12.0. The van der Waals surface area contributed by atoms with E-state index in [1.807, 2.05) is 29.8 Å². The van der Waals surface area contributed by atoms with E-state index in [4.69, 9.17) is 14.8 Å². The Labute approximate surface area is 308 Å². The van der Waals surface area contributed by atoms with Gasteiger partial charge in [0.05, 0.1) is 27.9 Å². The molecule has 0 fully saturated rings. The molecule has 0 bridgehead atoms. The maximum atomic E-state index is 6.48. The number of hydrogen-bond donors (Lipinski definition) is 0. The fourth-order valence-corrected chi connectivity index (χ4v) is 7.68. The Balaban J connectivity index is 0.00000348. The zero-order valence-corrected chi connectivity index (χ0v) is 30.7. The van der Waals surface area contributed by atoms with E-state index in [2.05, 4.69) is 139 Å². The second kappa shape index (κ2) is 11.7. The maximum absolute atomic E-state index is 6.48. The molecular formula is C44H31N5OPt. The third-order valence-electron chi connectivity index (χ3n) is 10.2. The van der Waals surface area contributed by atoms with Gasteiger partial charge in [-0.05, 0) is 73.5 Å². The maximum Gasteiger partial charge on any atom is 2.00 e. The number of benzene rings is 5. The Morgan fingerprint density at radius 2 is 1.25 bits per heavy atom. The van der Waals surface area contributed by atoms with Crippen LogP contribution in [-0.2, 0) is 21.1 Å². The number of para-hydroxylation sites is 3. The summed E-state index contributed by atoms with van der Waals surface area (Å²) in [6, 6.07) is 45.2. The van der Waals surface area contributed by atoms with Gasteiger partial charge in [0.1, 0.15) is 5.82 Å². The number of hydrogen-bond acceptors (Lipinski definition) is 3. The second-order valence-corrected chi connectivity index (χ2v) is 13.2. The van der Waals surface area contributed by atoms with E-state index in [-0.39, 0.29) is 21.1 Å². The predicted octanol–water partition coefficient (Wildman–Crippen LogP) is 10.7. The molecule has 5 heterocycles. The summed E-state index contributed by atoms with van der Waals surface area (Å²) in [6.07, 6.45) is 1.91. The van der Waals surface area contributed by atoms with Crippen LogP contribution < -0.4 is 4.74 Å². The van der Waals surface area contributed by atoms with E-state index in [9.17, 15) is 0 Å². The Morgan fingerprint density at radius 1 is 0.588 bits per heavy atom. The Kier molecular flexibility index (Phi) is 7.17. The van der Waals surface area contributed by atoms with E-state index in [1.54, 1.807) is 0 Å². The van der Waals surface area contributed by atoms with Crippen LogP contribution in [-0.4, -0.2) is 23.7 Å². The van der Waals surface area contributed by atoms with Crippen molar-refractivity contribution < 1.29 is 25.8 Å². The second-order valence-electron chi connectivity index (χ2n) is 13.2. The molecule has 6 nitrogen and oxygen atoms in total. The molecule has 0 spiro atoms. The number of rotatable bonds is 4. The normalized spacial score (nSPS) is 11.8. The Hall–Kier alpha value is -5.71. The van der Waals surface area contributed by atoms with Crippen molar-refractivity contribution >= 4 is 60.0 Å². The van der Waals surface area contributed by atoms with Gasteiger partial charge >= 0.3 is 21.1 Å². The van der Waals surface area contributed by atoms with Crippen LogP contribution in [0.3, 0.4) is 0 Å². The van der Waals surface area contributed by atoms with Crippen molar-refractivity contribution in [3.63, 3.8) is 0 Å². The van der Waals surface area contributed by atoms with Crippen LogP contribution >= 0.6 is 0 Å². The molecule has 0 aliphatic rings. The van der Waals surface area contributed by atoms with Gasteiger partial charge in [0, 0.05) is 40.1 Å². The fraction of sp³-hybridized carbons (Fsp3) is 0.0909. The number of nitrogens with zero attached hydrogens (tertiary/aromatic N) is 5. The quantitative estimate of drug-likeness (QED) is 0.166. The first-order valence-corrected chi connectivity index (χ1v) is 16.8. The van der Waals surface area contributed by atoms with Crippen LogP contribution in [0.25, 0.3) is 71.5 Å². The van der Waals surface area contributed by atoms with Gasteiger partial charge in [0.2, 0.25) is 0 Å². The molecule has 10 rings (SSSR count). The number of aryl methyl sites for hydroxylation is 4. The van der Waals surface area contributed by atoms with Gasteiger partial charge in [-0.2, -0.15) is 17.2 Å². The Morgan fingerprint density at radius 3 is 2.02 bits per heavy atom. The van der Waals surface area contributed by atoms with E-state index in [0.717, 1.165) is 55.4 Å². The molecule has 248 valence electrons. The molecule has 5 aromatic carbocycles. The summed E-state index contributed by atoms with van der Waals surface area (Å²) >= 11 is 0. The summed E-state index contributed by atoms with van der Waals surface area (Å²) in [6.45, 7) is 8.51. The summed E-state index contributed by atoms with van der Waals surface area (Å²) < 4.78 is 13.0. The average molecular weight is 841 g/mol. The third kappa shape index (κ3) is 4.67. The average Bonchev–Trinajstić information content (AvgIpc) is 3.76. The molecule has 0 unspecified atom stereocenters. The van der Waals surface area contributed by atoms with Crippen LogP contribution in [0.15, 0.2) is 115 Å². The van der Waals surface area contributed by atoms with Crippen molar-refractivity contribution in [3.05, 3.63) is 150 Å². The van der Waals surface area contributed by atoms with Crippen LogP contribution in [0, 0.1) is 39.8 Å². The van der Waals surface area contributed by atoms with Crippen molar-refractivity contribution in [1.82, 2.24) is 23.7 Å². The molecule has 0 radical (unpaired) electrons. The standard InChI is InChI=1S/C44H31N5O.Pt/c1-26-9-7-12-36-37-13-8-10-27(2)44(37)47(43(26)36)31-21-22-45-42(23-31)48-39-14-6-5-11-34(39)35-19-18-33(25-41(35)48)50-32-17-15-30-16-20-38-28(3)29(4)46-49(38)40(30)24-32;/h5-23H,1-4H3;/q-2;+2. The largest absolute Gasteiger partial charge is 2.00 e. The minimum Gasteiger partial charge on any atom is -0.509 e. The molecule has 0 aliphatic carbocycles. The zero-order valence-electron chi connectivity index (χ0n) is 28.4. The van der Waals surface area contributed by atoms with Crippen molar-refractivity contribution in [1.29, 1.82) is 0 Å². The zero-order chi connectivity index (χ0) is 33.7. The van der Waals surface area contributed by atoms with E-state index in [0.29, 0.717) is 11.5 Å². The molecule has 0 aliphatic heterocycles. The molecule has 10 aromatic rings. The third-order valence-corrected chi connectivity index (χ3v) is 10.2. The number of ether oxygens (including phenoxy) is 1. The molecule has 0 amide bonds. The molecule has 0 atom stereocenters. The van der Waals surface area contributed by atoms with Crippen molar-refractivity contribution in [2.24, 2.45) is 0 Å². The van der Waals surface area contributed by atoms with E-state index < -0.39 is 0 Å². The molecule has 51 heavy (non-hydrogen) atoms. The smallest absolute Gasteiger partial charge is 0.509 e. The summed E-state index contributed by atoms with van der Waals surface area (Å²) in [5, 5.41) is 10.5. The number of fused-ring (bicyclic) bond motifs is 9. The van der Waals surface area contributed by atoms with Gasteiger partial charge < -0.3 is 13.9 Å². The van der Waals surface area contributed by atoms with Gasteiger partial charge in [-0.25, -0.2) is 4.98 Å². The molecule has 0 N–H and O–H groups in total. The summed E-state index contributed by atoms with van der Waals surface area (Å²) in [4.78, 5) is 4.96. The van der Waals surface area contributed by atoms with Gasteiger partial charge in [-0.1, -0.05) is 60.1 Å². The van der Waals surface area contributed by atoms with Crippen molar-refractivity contribution in [2.75, 3.05) is 0 Å². The van der Waals surface area contributed by atoms with E-state index >= 15 is 0 Å². The summed E-state index contributed by atoms with van der Waals surface area (Å²) in [5.74, 6) is 2.01. The number of aromatic nitrogens is 5. The van der Waals surface area contributed by atoms with Crippen LogP contribution in [0.1, 0.15) is 22.4 Å². The number of pyridine rings is 2. The van der Waals surface area contributed by atoms with Crippen LogP contribution in [0.5, 0.6) is 11.5 Å². The molecule has 5 aromatic heterocycles. The fourth-order valence-electron chi connectivity index (χ4n) is 7.68. The van der Waals surface area contributed by atoms with Crippen molar-refractivity contribution in [3.8, 4) is 23.0 Å². The molecule has 7 heteroatoms. The van der Waals surface area contributed by atoms with Gasteiger partial charge in [0.15, 0.2) is 0 Å². The molecular weight excluding hydrogens is 810 g/mol. The molecule has 0 saturated heterocycles. The molecule has 0 saturated carbocycles. The van der Waals surface area contributed by atoms with Crippen LogP contribution in [0.2, 0.25) is 0 Å². The van der Waals surface area contributed by atoms with Gasteiger partial charge in [0.25, 0.3) is 0 Å². The SMILES string of the molecule is Cc1nn2c(ccc3ccc(Oc4[c-]c5c(cc4)c4ccccc4n5-c4cc(-n5c6c(C)cccc6c6cccc(C)c65)ccn4)[c-]c32)c1C.[Pt+2]. The monoisotopic (exact) mass is 840 g/mol. The minimum atomic E-state index is 0. The van der Waals surface area contributed by atoms with Crippen LogP contribution in [0.4, 0.5) is 0 Å². The summed E-state index contributed by atoms with van der Waals surface area (Å²) in [7, 11) is 0. The minimum absolute atomic E-state index is 0. The van der Waals surface area contributed by atoms with Gasteiger partial charge in [-0.3, -0.25) is 4.52 Å². The van der Waals surface area contributed by atoms with E-state index in [1.165, 1.54) is 38.5 Å². The first-order chi connectivity index (χ1) is 24.4. The Bertz CT molecular complexity index is 2960. The topological polar surface area (TPSA) is 49.3 Å². The van der Waals surface area contributed by atoms with Gasteiger partial charge in [-0.15, -0.1) is 41.1 Å². The first kappa shape index (κ1) is 31.3. The van der Waals surface area contributed by atoms with Crippen molar-refractivity contribution in [2.45, 2.75) is 27.7 Å². The predicted molar refractivity (Wildman–Crippen MR) is 202 cm³/mol. The first-order valence-electron chi connectivity index (χ1n) is 16.8.